The fraction of sp³-hybridized carbons (Fsp3) is 0.286. The number of H-pyrrole nitrogens is 2. The van der Waals surface area contributed by atoms with E-state index in [1.165, 1.54) is 16.6 Å². The molecule has 35 heavy (non-hydrogen) atoms. The second-order valence-electron chi connectivity index (χ2n) is 9.41. The standard InChI is InChI=1S/C28H31N7/c1-3-29-16-19-13-21(18-30-17-19)20-7-8-25-23(14-20)28(33-32-25)26-15-22-24(31-26)5-4-6-27(22)35-11-9-34(2)10-12-35/h4-8,13-15,17-18,29,31H,3,9-12,16H2,1-2H3,(H,32,33). The molecular formula is C28H31N7. The van der Waals surface area contributed by atoms with E-state index in [0.717, 1.165) is 78.2 Å². The number of hydrogen-bond acceptors (Lipinski definition) is 5. The highest BCUT2D eigenvalue weighted by atomic mass is 15.2. The highest BCUT2D eigenvalue weighted by Crippen LogP contribution is 2.35. The van der Waals surface area contributed by atoms with Crippen molar-refractivity contribution >= 4 is 27.5 Å². The summed E-state index contributed by atoms with van der Waals surface area (Å²) >= 11 is 0. The SMILES string of the molecule is CCNCc1cncc(-c2ccc3[nH]nc(-c4cc5c(N6CCN(C)CC6)cccc5[nH]4)c3c2)c1. The van der Waals surface area contributed by atoms with Crippen LogP contribution in [0.15, 0.2) is 60.9 Å². The minimum Gasteiger partial charge on any atom is -0.368 e. The number of piperazine rings is 1. The lowest BCUT2D eigenvalue weighted by molar-refractivity contribution is 0.313. The maximum atomic E-state index is 4.70. The van der Waals surface area contributed by atoms with Crippen LogP contribution in [0.5, 0.6) is 0 Å². The normalized spacial score (nSPS) is 14.9. The van der Waals surface area contributed by atoms with E-state index >= 15 is 0 Å². The Morgan fingerprint density at radius 2 is 1.80 bits per heavy atom. The first-order chi connectivity index (χ1) is 17.2. The highest BCUT2D eigenvalue weighted by molar-refractivity contribution is 6.00. The van der Waals surface area contributed by atoms with Gasteiger partial charge in [-0.05, 0) is 61.1 Å². The smallest absolute Gasteiger partial charge is 0.116 e. The third-order valence-electron chi connectivity index (χ3n) is 7.01. The van der Waals surface area contributed by atoms with Crippen molar-refractivity contribution < 1.29 is 0 Å². The van der Waals surface area contributed by atoms with Gasteiger partial charge in [-0.15, -0.1) is 0 Å². The fourth-order valence-corrected chi connectivity index (χ4v) is 5.00. The average Bonchev–Trinajstić information content (AvgIpc) is 3.51. The molecule has 178 valence electrons. The molecule has 0 bridgehead atoms. The first-order valence-corrected chi connectivity index (χ1v) is 12.4. The number of nitrogens with one attached hydrogen (secondary N) is 3. The highest BCUT2D eigenvalue weighted by Gasteiger charge is 2.19. The molecule has 0 spiro atoms. The number of nitrogens with zero attached hydrogens (tertiary/aromatic N) is 4. The summed E-state index contributed by atoms with van der Waals surface area (Å²) < 4.78 is 0. The summed E-state index contributed by atoms with van der Waals surface area (Å²) in [4.78, 5) is 13.0. The number of aromatic amines is 2. The van der Waals surface area contributed by atoms with Crippen molar-refractivity contribution in [3.8, 4) is 22.5 Å². The van der Waals surface area contributed by atoms with E-state index in [1.807, 2.05) is 12.4 Å². The molecule has 0 radical (unpaired) electrons. The van der Waals surface area contributed by atoms with Crippen molar-refractivity contribution in [2.45, 2.75) is 13.5 Å². The minimum absolute atomic E-state index is 0.821. The first kappa shape index (κ1) is 21.8. The summed E-state index contributed by atoms with van der Waals surface area (Å²) in [6.45, 7) is 8.15. The van der Waals surface area contributed by atoms with Crippen LogP contribution in [-0.2, 0) is 6.54 Å². The van der Waals surface area contributed by atoms with Gasteiger partial charge in [0.2, 0.25) is 0 Å². The van der Waals surface area contributed by atoms with Crippen molar-refractivity contribution in [3.05, 3.63) is 66.5 Å². The van der Waals surface area contributed by atoms with Crippen LogP contribution in [0, 0.1) is 0 Å². The average molecular weight is 466 g/mol. The molecule has 5 aromatic rings. The Balaban J connectivity index is 1.38. The van der Waals surface area contributed by atoms with Gasteiger partial charge in [-0.1, -0.05) is 19.1 Å². The van der Waals surface area contributed by atoms with Gasteiger partial charge in [-0.2, -0.15) is 5.10 Å². The van der Waals surface area contributed by atoms with E-state index in [9.17, 15) is 0 Å². The molecule has 0 saturated carbocycles. The zero-order chi connectivity index (χ0) is 23.8. The predicted molar refractivity (Wildman–Crippen MR) is 144 cm³/mol. The van der Waals surface area contributed by atoms with Crippen molar-refractivity contribution in [2.75, 3.05) is 44.7 Å². The van der Waals surface area contributed by atoms with E-state index in [-0.39, 0.29) is 0 Å². The van der Waals surface area contributed by atoms with Crippen molar-refractivity contribution in [1.82, 2.24) is 30.4 Å². The second-order valence-corrected chi connectivity index (χ2v) is 9.41. The van der Waals surface area contributed by atoms with E-state index in [4.69, 9.17) is 5.10 Å². The van der Waals surface area contributed by atoms with Crippen LogP contribution in [0.1, 0.15) is 12.5 Å². The van der Waals surface area contributed by atoms with Crippen LogP contribution in [0.4, 0.5) is 5.69 Å². The summed E-state index contributed by atoms with van der Waals surface area (Å²) in [6.07, 6.45) is 3.86. The summed E-state index contributed by atoms with van der Waals surface area (Å²) in [5, 5.41) is 13.7. The van der Waals surface area contributed by atoms with Gasteiger partial charge in [-0.3, -0.25) is 10.1 Å². The molecule has 1 saturated heterocycles. The van der Waals surface area contributed by atoms with Gasteiger partial charge >= 0.3 is 0 Å². The predicted octanol–water partition coefficient (Wildman–Crippen LogP) is 4.63. The van der Waals surface area contributed by atoms with Gasteiger partial charge < -0.3 is 20.1 Å². The first-order valence-electron chi connectivity index (χ1n) is 12.4. The van der Waals surface area contributed by atoms with Crippen molar-refractivity contribution in [2.24, 2.45) is 0 Å². The summed E-state index contributed by atoms with van der Waals surface area (Å²) in [7, 11) is 2.19. The number of benzene rings is 2. The molecule has 3 N–H and O–H groups in total. The van der Waals surface area contributed by atoms with Crippen molar-refractivity contribution in [1.29, 1.82) is 0 Å². The topological polar surface area (TPSA) is 75.9 Å². The lowest BCUT2D eigenvalue weighted by Crippen LogP contribution is -2.44. The number of hydrogen-bond donors (Lipinski definition) is 3. The Bertz CT molecular complexity index is 1470. The molecule has 7 nitrogen and oxygen atoms in total. The van der Waals surface area contributed by atoms with Crippen LogP contribution < -0.4 is 10.2 Å². The Morgan fingerprint density at radius 1 is 0.914 bits per heavy atom. The monoisotopic (exact) mass is 465 g/mol. The largest absolute Gasteiger partial charge is 0.368 e. The summed E-state index contributed by atoms with van der Waals surface area (Å²) in [5.41, 5.74) is 8.88. The number of aromatic nitrogens is 4. The third kappa shape index (κ3) is 4.17. The summed E-state index contributed by atoms with van der Waals surface area (Å²) in [5.74, 6) is 0. The van der Waals surface area contributed by atoms with Gasteiger partial charge in [0.05, 0.1) is 11.2 Å². The quantitative estimate of drug-likeness (QED) is 0.341. The zero-order valence-corrected chi connectivity index (χ0v) is 20.3. The van der Waals surface area contributed by atoms with Crippen LogP contribution in [-0.4, -0.2) is 64.8 Å². The fourth-order valence-electron chi connectivity index (χ4n) is 5.00. The maximum Gasteiger partial charge on any atom is 0.116 e. The van der Waals surface area contributed by atoms with E-state index in [0.29, 0.717) is 0 Å². The number of fused-ring (bicyclic) bond motifs is 2. The van der Waals surface area contributed by atoms with E-state index < -0.39 is 0 Å². The molecule has 0 aliphatic carbocycles. The number of anilines is 1. The zero-order valence-electron chi connectivity index (χ0n) is 20.3. The van der Waals surface area contributed by atoms with Gasteiger partial charge in [0, 0.05) is 72.7 Å². The Labute approximate surface area is 205 Å². The van der Waals surface area contributed by atoms with Gasteiger partial charge in [-0.25, -0.2) is 0 Å². The molecule has 4 heterocycles. The van der Waals surface area contributed by atoms with Gasteiger partial charge in [0.25, 0.3) is 0 Å². The molecular weight excluding hydrogens is 434 g/mol. The molecule has 1 aliphatic rings. The van der Waals surface area contributed by atoms with Crippen LogP contribution in [0.3, 0.4) is 0 Å². The molecule has 0 amide bonds. The van der Waals surface area contributed by atoms with E-state index in [2.05, 4.69) is 92.7 Å². The number of pyridine rings is 1. The number of rotatable bonds is 6. The second kappa shape index (κ2) is 9.17. The van der Waals surface area contributed by atoms with Gasteiger partial charge in [0.1, 0.15) is 5.69 Å². The molecule has 0 unspecified atom stereocenters. The summed E-state index contributed by atoms with van der Waals surface area (Å²) in [6, 6.07) is 17.5. The Kier molecular flexibility index (Phi) is 5.72. The lowest BCUT2D eigenvalue weighted by Gasteiger charge is -2.34. The maximum absolute atomic E-state index is 4.70. The van der Waals surface area contributed by atoms with Crippen LogP contribution in [0.25, 0.3) is 44.3 Å². The molecule has 3 aromatic heterocycles. The molecule has 1 aliphatic heterocycles. The van der Waals surface area contributed by atoms with Gasteiger partial charge in [0.15, 0.2) is 0 Å². The van der Waals surface area contributed by atoms with Crippen LogP contribution >= 0.6 is 0 Å². The van der Waals surface area contributed by atoms with E-state index in [1.54, 1.807) is 0 Å². The minimum atomic E-state index is 0.821. The number of likely N-dealkylation sites (N-methyl/N-ethyl adjacent to an activating group) is 1. The molecule has 6 rings (SSSR count). The molecule has 1 fully saturated rings. The molecule has 2 aromatic carbocycles. The lowest BCUT2D eigenvalue weighted by atomic mass is 10.0. The third-order valence-corrected chi connectivity index (χ3v) is 7.01. The Morgan fingerprint density at radius 3 is 2.66 bits per heavy atom. The van der Waals surface area contributed by atoms with Crippen molar-refractivity contribution in [3.63, 3.8) is 0 Å². The molecule has 0 atom stereocenters. The Hall–Kier alpha value is -3.68. The molecule has 7 heteroatoms. The van der Waals surface area contributed by atoms with Crippen LogP contribution in [0.2, 0.25) is 0 Å².